The summed E-state index contributed by atoms with van der Waals surface area (Å²) in [5.74, 6) is -0.380. The van der Waals surface area contributed by atoms with Crippen LogP contribution in [0.4, 0.5) is 0 Å². The lowest BCUT2D eigenvalue weighted by molar-refractivity contribution is 0.0793. The van der Waals surface area contributed by atoms with E-state index in [1.165, 1.54) is 12.0 Å². The lowest BCUT2D eigenvalue weighted by Crippen LogP contribution is -2.28. The van der Waals surface area contributed by atoms with Crippen LogP contribution in [0.15, 0.2) is 24.3 Å². The molecule has 1 saturated heterocycles. The van der Waals surface area contributed by atoms with E-state index in [0.717, 1.165) is 26.1 Å². The molecule has 0 bridgehead atoms. The molecule has 2 N–H and O–H groups in total. The van der Waals surface area contributed by atoms with Crippen LogP contribution in [0.25, 0.3) is 0 Å². The molecule has 98 valence electrons. The summed E-state index contributed by atoms with van der Waals surface area (Å²) in [6, 6.07) is 7.45. The highest BCUT2D eigenvalue weighted by molar-refractivity contribution is 5.92. The van der Waals surface area contributed by atoms with Gasteiger partial charge in [-0.05, 0) is 37.6 Å². The van der Waals surface area contributed by atoms with Crippen molar-refractivity contribution in [2.75, 3.05) is 20.2 Å². The zero-order valence-corrected chi connectivity index (χ0v) is 10.8. The van der Waals surface area contributed by atoms with E-state index in [9.17, 15) is 4.79 Å². The zero-order valence-electron chi connectivity index (χ0n) is 10.8. The van der Waals surface area contributed by atoms with Gasteiger partial charge in [0.1, 0.15) is 0 Å². The fourth-order valence-corrected chi connectivity index (χ4v) is 2.29. The first-order valence-corrected chi connectivity index (χ1v) is 6.34. The molecule has 0 aliphatic carbocycles. The van der Waals surface area contributed by atoms with Crippen LogP contribution >= 0.6 is 0 Å². The Morgan fingerprint density at radius 1 is 1.44 bits per heavy atom. The molecule has 4 nitrogen and oxygen atoms in total. The third-order valence-electron chi connectivity index (χ3n) is 3.23. The monoisotopic (exact) mass is 248 g/mol. The number of benzene rings is 1. The van der Waals surface area contributed by atoms with Crippen LogP contribution in [0.1, 0.15) is 28.8 Å². The Morgan fingerprint density at radius 2 is 2.17 bits per heavy atom. The molecule has 0 saturated carbocycles. The van der Waals surface area contributed by atoms with E-state index in [2.05, 4.69) is 11.9 Å². The van der Waals surface area contributed by atoms with Gasteiger partial charge in [-0.3, -0.25) is 9.69 Å². The number of likely N-dealkylation sites (N-methyl/N-ethyl adjacent to an activating group) is 1. The number of rotatable bonds is 5. The number of amides is 1. The fraction of sp³-hybridized carbons (Fsp3) is 0.500. The van der Waals surface area contributed by atoms with Crippen LogP contribution in [0, 0.1) is 0 Å². The Balaban J connectivity index is 1.86. The van der Waals surface area contributed by atoms with E-state index >= 15 is 0 Å². The molecule has 18 heavy (non-hydrogen) atoms. The number of carbonyl (C=O) groups is 1. The Bertz CT molecular complexity index is 397. The second kappa shape index (κ2) is 5.98. The summed E-state index contributed by atoms with van der Waals surface area (Å²) in [4.78, 5) is 13.2. The molecular weight excluding hydrogens is 228 g/mol. The minimum absolute atomic E-state index is 0.375. The number of primary amides is 1. The summed E-state index contributed by atoms with van der Waals surface area (Å²) in [5.41, 5.74) is 6.95. The standard InChI is InChI=1S/C14H20N2O2/c1-16(10-13-3-2-8-18-13)9-11-4-6-12(7-5-11)14(15)17/h4-7,13H,2-3,8-10H2,1H3,(H2,15,17)/t13-/m0/s1. The third kappa shape index (κ3) is 3.55. The van der Waals surface area contributed by atoms with Gasteiger partial charge in [0.2, 0.25) is 5.91 Å². The molecule has 1 aromatic carbocycles. The van der Waals surface area contributed by atoms with Gasteiger partial charge in [-0.1, -0.05) is 12.1 Å². The van der Waals surface area contributed by atoms with E-state index in [1.807, 2.05) is 12.1 Å². The third-order valence-corrected chi connectivity index (χ3v) is 3.23. The van der Waals surface area contributed by atoms with Gasteiger partial charge < -0.3 is 10.5 Å². The molecule has 4 heteroatoms. The van der Waals surface area contributed by atoms with Gasteiger partial charge in [0, 0.05) is 25.3 Å². The number of ether oxygens (including phenoxy) is 1. The SMILES string of the molecule is CN(Cc1ccc(C(N)=O)cc1)C[C@@H]1CCCO1. The Hall–Kier alpha value is -1.39. The normalized spacial score (nSPS) is 19.3. The fourth-order valence-electron chi connectivity index (χ4n) is 2.29. The van der Waals surface area contributed by atoms with Crippen molar-refractivity contribution in [1.29, 1.82) is 0 Å². The summed E-state index contributed by atoms with van der Waals surface area (Å²) >= 11 is 0. The quantitative estimate of drug-likeness (QED) is 0.857. The van der Waals surface area contributed by atoms with E-state index in [1.54, 1.807) is 12.1 Å². The van der Waals surface area contributed by atoms with Gasteiger partial charge in [-0.25, -0.2) is 0 Å². The van der Waals surface area contributed by atoms with Gasteiger partial charge in [0.25, 0.3) is 0 Å². The van der Waals surface area contributed by atoms with Crippen molar-refractivity contribution in [3.63, 3.8) is 0 Å². The predicted octanol–water partition coefficient (Wildman–Crippen LogP) is 1.40. The smallest absolute Gasteiger partial charge is 0.248 e. The maximum absolute atomic E-state index is 11.0. The van der Waals surface area contributed by atoms with Crippen LogP contribution in [-0.2, 0) is 11.3 Å². The average molecular weight is 248 g/mol. The highest BCUT2D eigenvalue weighted by Crippen LogP contribution is 2.14. The number of hydrogen-bond donors (Lipinski definition) is 1. The van der Waals surface area contributed by atoms with E-state index in [4.69, 9.17) is 10.5 Å². The van der Waals surface area contributed by atoms with Crippen LogP contribution in [0.3, 0.4) is 0 Å². The molecular formula is C14H20N2O2. The second-order valence-corrected chi connectivity index (χ2v) is 4.89. The average Bonchev–Trinajstić information content (AvgIpc) is 2.82. The number of hydrogen-bond acceptors (Lipinski definition) is 3. The molecule has 1 aliphatic rings. The Morgan fingerprint density at radius 3 is 2.72 bits per heavy atom. The zero-order chi connectivity index (χ0) is 13.0. The van der Waals surface area contributed by atoms with Crippen molar-refractivity contribution in [3.05, 3.63) is 35.4 Å². The molecule has 0 aromatic heterocycles. The minimum atomic E-state index is -0.380. The summed E-state index contributed by atoms with van der Waals surface area (Å²) in [6.45, 7) is 2.71. The van der Waals surface area contributed by atoms with Crippen LogP contribution in [0.2, 0.25) is 0 Å². The van der Waals surface area contributed by atoms with Crippen molar-refractivity contribution in [2.45, 2.75) is 25.5 Å². The Labute approximate surface area is 108 Å². The van der Waals surface area contributed by atoms with E-state index < -0.39 is 0 Å². The Kier molecular flexibility index (Phi) is 4.33. The van der Waals surface area contributed by atoms with Gasteiger partial charge in [-0.15, -0.1) is 0 Å². The van der Waals surface area contributed by atoms with Crippen molar-refractivity contribution in [1.82, 2.24) is 4.90 Å². The molecule has 0 spiro atoms. The first kappa shape index (κ1) is 13.1. The molecule has 1 heterocycles. The van der Waals surface area contributed by atoms with Crippen LogP contribution in [-0.4, -0.2) is 37.1 Å². The summed E-state index contributed by atoms with van der Waals surface area (Å²) in [7, 11) is 2.09. The molecule has 1 fully saturated rings. The van der Waals surface area contributed by atoms with E-state index in [-0.39, 0.29) is 5.91 Å². The molecule has 0 radical (unpaired) electrons. The molecule has 1 aliphatic heterocycles. The molecule has 2 rings (SSSR count). The summed E-state index contributed by atoms with van der Waals surface area (Å²) < 4.78 is 5.61. The van der Waals surface area contributed by atoms with E-state index in [0.29, 0.717) is 11.7 Å². The summed E-state index contributed by atoms with van der Waals surface area (Å²) in [5, 5.41) is 0. The lowest BCUT2D eigenvalue weighted by atomic mass is 10.1. The highest BCUT2D eigenvalue weighted by atomic mass is 16.5. The molecule has 1 amide bonds. The molecule has 0 unspecified atom stereocenters. The number of nitrogens with two attached hydrogens (primary N) is 1. The van der Waals surface area contributed by atoms with Crippen LogP contribution < -0.4 is 5.73 Å². The summed E-state index contributed by atoms with van der Waals surface area (Å²) in [6.07, 6.45) is 2.71. The maximum atomic E-state index is 11.0. The lowest BCUT2D eigenvalue weighted by Gasteiger charge is -2.20. The van der Waals surface area contributed by atoms with Gasteiger partial charge in [0.05, 0.1) is 6.10 Å². The first-order chi connectivity index (χ1) is 8.65. The largest absolute Gasteiger partial charge is 0.377 e. The second-order valence-electron chi connectivity index (χ2n) is 4.89. The van der Waals surface area contributed by atoms with Crippen molar-refractivity contribution in [2.24, 2.45) is 5.73 Å². The predicted molar refractivity (Wildman–Crippen MR) is 70.3 cm³/mol. The topological polar surface area (TPSA) is 55.6 Å². The minimum Gasteiger partial charge on any atom is -0.377 e. The van der Waals surface area contributed by atoms with Gasteiger partial charge in [0.15, 0.2) is 0 Å². The van der Waals surface area contributed by atoms with Crippen molar-refractivity contribution >= 4 is 5.91 Å². The number of nitrogens with zero attached hydrogens (tertiary/aromatic N) is 1. The van der Waals surface area contributed by atoms with Gasteiger partial charge >= 0.3 is 0 Å². The van der Waals surface area contributed by atoms with Crippen molar-refractivity contribution < 1.29 is 9.53 Å². The molecule has 1 aromatic rings. The maximum Gasteiger partial charge on any atom is 0.248 e. The highest BCUT2D eigenvalue weighted by Gasteiger charge is 2.17. The van der Waals surface area contributed by atoms with Gasteiger partial charge in [-0.2, -0.15) is 0 Å². The number of carbonyl (C=O) groups excluding carboxylic acids is 1. The first-order valence-electron chi connectivity index (χ1n) is 6.34. The van der Waals surface area contributed by atoms with Crippen molar-refractivity contribution in [3.8, 4) is 0 Å². The molecule has 1 atom stereocenters. The van der Waals surface area contributed by atoms with Crippen LogP contribution in [0.5, 0.6) is 0 Å².